The zero-order valence-electron chi connectivity index (χ0n) is 30.6. The Morgan fingerprint density at radius 2 is 1.45 bits per heavy atom. The Hall–Kier alpha value is -6.67. The van der Waals surface area contributed by atoms with Crippen LogP contribution in [0.4, 0.5) is 5.69 Å². The van der Waals surface area contributed by atoms with Gasteiger partial charge < -0.3 is 24.1 Å². The number of hydrogen-bond donors (Lipinski definition) is 1. The molecule has 8 nitrogen and oxygen atoms in total. The summed E-state index contributed by atoms with van der Waals surface area (Å²) in [6.45, 7) is 2.40. The molecule has 0 spiro atoms. The molecule has 0 saturated heterocycles. The Morgan fingerprint density at radius 1 is 0.745 bits per heavy atom. The van der Waals surface area contributed by atoms with E-state index in [-0.39, 0.29) is 30.5 Å². The van der Waals surface area contributed by atoms with Crippen molar-refractivity contribution in [3.05, 3.63) is 184 Å². The summed E-state index contributed by atoms with van der Waals surface area (Å²) in [5.74, 6) is 2.33. The fourth-order valence-electron chi connectivity index (χ4n) is 8.11. The molecule has 2 aliphatic rings. The van der Waals surface area contributed by atoms with E-state index < -0.39 is 0 Å². The molecule has 0 unspecified atom stereocenters. The number of rotatable bonds is 10. The Bertz CT molecular complexity index is 2480. The molecule has 1 aliphatic heterocycles. The Kier molecular flexibility index (Phi) is 9.08. The fourth-order valence-corrected chi connectivity index (χ4v) is 8.11. The molecular weight excluding hydrogens is 687 g/mol. The highest BCUT2D eigenvalue weighted by molar-refractivity contribution is 5.90. The first-order valence-corrected chi connectivity index (χ1v) is 18.5. The lowest BCUT2D eigenvalue weighted by molar-refractivity contribution is 0.0472. The van der Waals surface area contributed by atoms with Gasteiger partial charge in [-0.2, -0.15) is 4.98 Å². The predicted molar refractivity (Wildman–Crippen MR) is 211 cm³/mol. The van der Waals surface area contributed by atoms with Crippen LogP contribution in [-0.2, 0) is 24.4 Å². The molecule has 0 amide bonds. The van der Waals surface area contributed by atoms with Gasteiger partial charge >= 0.3 is 5.97 Å². The summed E-state index contributed by atoms with van der Waals surface area (Å²) in [7, 11) is 1.68. The molecule has 2 heterocycles. The van der Waals surface area contributed by atoms with E-state index in [1.54, 1.807) is 14.0 Å². The van der Waals surface area contributed by atoms with Gasteiger partial charge in [-0.15, -0.1) is 0 Å². The molecule has 0 saturated carbocycles. The summed E-state index contributed by atoms with van der Waals surface area (Å²) in [5.41, 5.74) is 11.3. The number of methoxy groups -OCH3 is 1. The van der Waals surface area contributed by atoms with E-state index in [1.165, 1.54) is 16.7 Å². The van der Waals surface area contributed by atoms with Crippen LogP contribution in [0.1, 0.15) is 61.6 Å². The van der Waals surface area contributed by atoms with Gasteiger partial charge in [0.05, 0.1) is 18.7 Å². The van der Waals surface area contributed by atoms with Gasteiger partial charge in [-0.1, -0.05) is 102 Å². The Morgan fingerprint density at radius 3 is 2.18 bits per heavy atom. The molecule has 0 radical (unpaired) electrons. The normalized spacial score (nSPS) is 16.7. The van der Waals surface area contributed by atoms with Crippen LogP contribution in [0.2, 0.25) is 0 Å². The summed E-state index contributed by atoms with van der Waals surface area (Å²) >= 11 is 0. The third-order valence-corrected chi connectivity index (χ3v) is 10.7. The highest BCUT2D eigenvalue weighted by atomic mass is 16.5. The van der Waals surface area contributed by atoms with E-state index in [0.29, 0.717) is 35.4 Å². The minimum atomic E-state index is -0.371. The van der Waals surface area contributed by atoms with Crippen molar-refractivity contribution in [1.82, 2.24) is 10.1 Å². The maximum absolute atomic E-state index is 13.1. The van der Waals surface area contributed by atoms with Gasteiger partial charge in [-0.3, -0.25) is 0 Å². The molecule has 9 rings (SSSR count). The first kappa shape index (κ1) is 34.1. The fraction of sp³-hybridized carbons (Fsp3) is 0.170. The maximum Gasteiger partial charge on any atom is 0.338 e. The number of anilines is 1. The van der Waals surface area contributed by atoms with Gasteiger partial charge in [0, 0.05) is 24.1 Å². The molecule has 3 atom stereocenters. The zero-order chi connectivity index (χ0) is 37.3. The second kappa shape index (κ2) is 14.6. The number of ether oxygens (including phenoxy) is 3. The molecule has 272 valence electrons. The first-order valence-electron chi connectivity index (χ1n) is 18.5. The molecule has 8 heteroatoms. The maximum atomic E-state index is 13.1. The number of nitrogens with zero attached hydrogens (tertiary/aromatic N) is 2. The van der Waals surface area contributed by atoms with Gasteiger partial charge in [-0.25, -0.2) is 4.79 Å². The number of carbonyl (C=O) groups excluding carboxylic acids is 1. The SMILES string of the molecule is COc1cc([C@H]2Nc3ccc(-c4noc(C)n4)cc3[C@H]3c4ccccc4C[C@H]32)c(-c2ccc(C(=O)OCc3ccccc3)cc2)cc1OCc1ccccc1. The second-order valence-corrected chi connectivity index (χ2v) is 14.1. The van der Waals surface area contributed by atoms with Crippen LogP contribution in [0.15, 0.2) is 144 Å². The van der Waals surface area contributed by atoms with Crippen molar-refractivity contribution in [3.8, 4) is 34.0 Å². The summed E-state index contributed by atoms with van der Waals surface area (Å²) < 4.78 is 23.5. The van der Waals surface area contributed by atoms with Crippen LogP contribution in [0.5, 0.6) is 11.5 Å². The number of aromatic nitrogens is 2. The van der Waals surface area contributed by atoms with Crippen LogP contribution in [0, 0.1) is 12.8 Å². The Labute approximate surface area is 319 Å². The largest absolute Gasteiger partial charge is 0.493 e. The third kappa shape index (κ3) is 6.72. The van der Waals surface area contributed by atoms with Crippen molar-refractivity contribution in [2.45, 2.75) is 38.5 Å². The number of carbonyl (C=O) groups is 1. The van der Waals surface area contributed by atoms with E-state index in [9.17, 15) is 4.79 Å². The van der Waals surface area contributed by atoms with E-state index in [4.69, 9.17) is 18.7 Å². The van der Waals surface area contributed by atoms with Gasteiger partial charge in [0.15, 0.2) is 11.5 Å². The van der Waals surface area contributed by atoms with Gasteiger partial charge in [0.25, 0.3) is 0 Å². The molecule has 1 N–H and O–H groups in total. The molecular formula is C47H39N3O5. The monoisotopic (exact) mass is 725 g/mol. The van der Waals surface area contributed by atoms with Gasteiger partial charge in [0.1, 0.15) is 13.2 Å². The minimum Gasteiger partial charge on any atom is -0.493 e. The molecule has 55 heavy (non-hydrogen) atoms. The van der Waals surface area contributed by atoms with Crippen LogP contribution in [0.25, 0.3) is 22.5 Å². The summed E-state index contributed by atoms with van der Waals surface area (Å²) in [5, 5.41) is 8.18. The van der Waals surface area contributed by atoms with Crippen molar-refractivity contribution in [1.29, 1.82) is 0 Å². The topological polar surface area (TPSA) is 95.7 Å². The lowest BCUT2D eigenvalue weighted by atomic mass is 9.74. The average Bonchev–Trinajstić information content (AvgIpc) is 3.86. The average molecular weight is 726 g/mol. The molecule has 0 bridgehead atoms. The van der Waals surface area contributed by atoms with Crippen molar-refractivity contribution >= 4 is 11.7 Å². The number of benzene rings is 6. The summed E-state index contributed by atoms with van der Waals surface area (Å²) in [6.07, 6.45) is 0.893. The second-order valence-electron chi connectivity index (χ2n) is 14.1. The zero-order valence-corrected chi connectivity index (χ0v) is 30.6. The number of nitrogens with one attached hydrogen (secondary N) is 1. The number of fused-ring (bicyclic) bond motifs is 5. The van der Waals surface area contributed by atoms with E-state index in [2.05, 4.69) is 64.0 Å². The van der Waals surface area contributed by atoms with Crippen molar-refractivity contribution in [3.63, 3.8) is 0 Å². The molecule has 1 aromatic heterocycles. The van der Waals surface area contributed by atoms with E-state index in [0.717, 1.165) is 45.5 Å². The number of hydrogen-bond acceptors (Lipinski definition) is 8. The van der Waals surface area contributed by atoms with Crippen molar-refractivity contribution < 1.29 is 23.5 Å². The first-order chi connectivity index (χ1) is 27.0. The quantitative estimate of drug-likeness (QED) is 0.139. The smallest absolute Gasteiger partial charge is 0.338 e. The van der Waals surface area contributed by atoms with Crippen LogP contribution < -0.4 is 14.8 Å². The molecule has 0 fully saturated rings. The van der Waals surface area contributed by atoms with Gasteiger partial charge in [0.2, 0.25) is 11.7 Å². The summed E-state index contributed by atoms with van der Waals surface area (Å²) in [6, 6.07) is 46.7. The minimum absolute atomic E-state index is 0.0919. The van der Waals surface area contributed by atoms with E-state index in [1.807, 2.05) is 91.0 Å². The van der Waals surface area contributed by atoms with Crippen molar-refractivity contribution in [2.75, 3.05) is 12.4 Å². The summed E-state index contributed by atoms with van der Waals surface area (Å²) in [4.78, 5) is 17.6. The number of esters is 1. The molecule has 7 aromatic rings. The van der Waals surface area contributed by atoms with Crippen LogP contribution in [0.3, 0.4) is 0 Å². The molecule has 1 aliphatic carbocycles. The lowest BCUT2D eigenvalue weighted by Crippen LogP contribution is -2.31. The van der Waals surface area contributed by atoms with Crippen LogP contribution >= 0.6 is 0 Å². The predicted octanol–water partition coefficient (Wildman–Crippen LogP) is 10.1. The van der Waals surface area contributed by atoms with Gasteiger partial charge in [-0.05, 0) is 99.3 Å². The highest BCUT2D eigenvalue weighted by Gasteiger charge is 2.44. The lowest BCUT2D eigenvalue weighted by Gasteiger charge is -2.39. The third-order valence-electron chi connectivity index (χ3n) is 10.7. The highest BCUT2D eigenvalue weighted by Crippen LogP contribution is 2.56. The van der Waals surface area contributed by atoms with E-state index >= 15 is 0 Å². The molecule has 6 aromatic carbocycles. The van der Waals surface area contributed by atoms with Crippen molar-refractivity contribution in [2.24, 2.45) is 5.92 Å². The standard InChI is InChI=1S/C47H39N3O5/c1-29-48-46(50-55-29)35-21-22-41-39(24-35)44-36-16-10-9-15-34(36)23-40(44)45(49-41)38-26-42(52-2)43(53-27-30-11-5-3-6-12-30)25-37(38)32-17-19-33(20-18-32)47(51)54-28-31-13-7-4-8-14-31/h3-22,24-26,40,44-45,49H,23,27-28H2,1-2H3/t40-,44-,45-/m1/s1. The Balaban J connectivity index is 1.12. The van der Waals surface area contributed by atoms with Crippen LogP contribution in [-0.4, -0.2) is 23.2 Å². The number of aryl methyl sites for hydroxylation is 1.